The zero-order valence-electron chi connectivity index (χ0n) is 15.8. The maximum Gasteiger partial charge on any atom is 0.230 e. The van der Waals surface area contributed by atoms with Crippen LogP contribution in [0.5, 0.6) is 0 Å². The smallest absolute Gasteiger partial charge is 0.230 e. The van der Waals surface area contributed by atoms with Gasteiger partial charge in [0.05, 0.1) is 29.3 Å². The molecule has 150 valence electrons. The Labute approximate surface area is 169 Å². The van der Waals surface area contributed by atoms with E-state index < -0.39 is 15.4 Å². The lowest BCUT2D eigenvalue weighted by Crippen LogP contribution is -2.47. The van der Waals surface area contributed by atoms with Crippen LogP contribution in [0.25, 0.3) is 0 Å². The van der Waals surface area contributed by atoms with Crippen molar-refractivity contribution in [1.29, 1.82) is 0 Å². The first-order valence-corrected chi connectivity index (χ1v) is 12.3. The van der Waals surface area contributed by atoms with E-state index in [0.717, 1.165) is 23.8 Å². The molecule has 28 heavy (non-hydrogen) atoms. The first-order valence-electron chi connectivity index (χ1n) is 9.45. The number of rotatable bonds is 7. The van der Waals surface area contributed by atoms with Crippen molar-refractivity contribution in [2.24, 2.45) is 0 Å². The summed E-state index contributed by atoms with van der Waals surface area (Å²) in [6.07, 6.45) is 2.72. The van der Waals surface area contributed by atoms with Crippen LogP contribution >= 0.6 is 11.8 Å². The second kappa shape index (κ2) is 7.51. The number of carbonyl (C=O) groups excluding carboxylic acids is 1. The lowest BCUT2D eigenvalue weighted by atomic mass is 10.0. The largest absolute Gasteiger partial charge is 0.349 e. The zero-order chi connectivity index (χ0) is 19.8. The van der Waals surface area contributed by atoms with Crippen LogP contribution in [0.15, 0.2) is 35.5 Å². The molecule has 2 aromatic rings. The number of hydrogen-bond acceptors (Lipinski definition) is 6. The predicted molar refractivity (Wildman–Crippen MR) is 108 cm³/mol. The van der Waals surface area contributed by atoms with Gasteiger partial charge >= 0.3 is 0 Å². The molecule has 1 aromatic carbocycles. The standard InChI is InChI=1S/C19H24N4O3S2/c1-19(9-10-28(25,26)13-19)20-16(24)12-27-18-22-21-17(15-7-8-15)23(18)11-14-5-3-2-4-6-14/h2-6,15H,7-13H2,1H3,(H,20,24). The third-order valence-corrected chi connectivity index (χ3v) is 8.02. The minimum Gasteiger partial charge on any atom is -0.349 e. The molecule has 7 nitrogen and oxygen atoms in total. The Morgan fingerprint density at radius 1 is 1.29 bits per heavy atom. The molecule has 4 rings (SSSR count). The fourth-order valence-electron chi connectivity index (χ4n) is 3.58. The number of sulfone groups is 1. The van der Waals surface area contributed by atoms with Crippen molar-refractivity contribution in [2.75, 3.05) is 17.3 Å². The number of benzene rings is 1. The van der Waals surface area contributed by atoms with Crippen LogP contribution in [0.1, 0.15) is 43.5 Å². The lowest BCUT2D eigenvalue weighted by Gasteiger charge is -2.23. The van der Waals surface area contributed by atoms with Gasteiger partial charge in [0.2, 0.25) is 5.91 Å². The molecule has 1 amide bonds. The molecule has 0 spiro atoms. The highest BCUT2D eigenvalue weighted by atomic mass is 32.2. The lowest BCUT2D eigenvalue weighted by molar-refractivity contribution is -0.120. The average Bonchev–Trinajstić information content (AvgIpc) is 3.35. The van der Waals surface area contributed by atoms with Crippen LogP contribution in [0.4, 0.5) is 0 Å². The van der Waals surface area contributed by atoms with E-state index >= 15 is 0 Å². The first-order chi connectivity index (χ1) is 13.3. The SMILES string of the molecule is CC1(NC(=O)CSc2nnc(C3CC3)n2Cc2ccccc2)CCS(=O)(=O)C1. The molecule has 2 fully saturated rings. The van der Waals surface area contributed by atoms with Gasteiger partial charge in [-0.05, 0) is 31.7 Å². The van der Waals surface area contributed by atoms with Crippen molar-refractivity contribution < 1.29 is 13.2 Å². The summed E-state index contributed by atoms with van der Waals surface area (Å²) in [6.45, 7) is 2.48. The minimum absolute atomic E-state index is 0.00637. The van der Waals surface area contributed by atoms with Gasteiger partial charge in [-0.15, -0.1) is 10.2 Å². The van der Waals surface area contributed by atoms with E-state index in [1.165, 1.54) is 17.3 Å². The molecule has 1 N–H and O–H groups in total. The molecule has 1 unspecified atom stereocenters. The van der Waals surface area contributed by atoms with Gasteiger partial charge in [-0.3, -0.25) is 4.79 Å². The van der Waals surface area contributed by atoms with Gasteiger partial charge in [-0.25, -0.2) is 8.42 Å². The van der Waals surface area contributed by atoms with Crippen molar-refractivity contribution in [3.05, 3.63) is 41.7 Å². The Morgan fingerprint density at radius 3 is 2.68 bits per heavy atom. The van der Waals surface area contributed by atoms with Crippen LogP contribution < -0.4 is 5.32 Å². The Hall–Kier alpha value is -1.87. The van der Waals surface area contributed by atoms with Crippen molar-refractivity contribution in [3.63, 3.8) is 0 Å². The normalized spacial score (nSPS) is 23.6. The zero-order valence-corrected chi connectivity index (χ0v) is 17.4. The summed E-state index contributed by atoms with van der Waals surface area (Å²) >= 11 is 1.35. The third kappa shape index (κ3) is 4.57. The second-order valence-corrected chi connectivity index (χ2v) is 11.1. The van der Waals surface area contributed by atoms with Gasteiger partial charge in [0.1, 0.15) is 5.82 Å². The highest BCUT2D eigenvalue weighted by molar-refractivity contribution is 7.99. The van der Waals surface area contributed by atoms with Gasteiger partial charge in [-0.1, -0.05) is 42.1 Å². The Morgan fingerprint density at radius 2 is 2.04 bits per heavy atom. The van der Waals surface area contributed by atoms with Crippen molar-refractivity contribution in [3.8, 4) is 0 Å². The monoisotopic (exact) mass is 420 g/mol. The Balaban J connectivity index is 1.42. The molecule has 1 saturated carbocycles. The highest BCUT2D eigenvalue weighted by Crippen LogP contribution is 2.40. The van der Waals surface area contributed by atoms with Gasteiger partial charge in [0, 0.05) is 5.92 Å². The molecule has 1 aliphatic heterocycles. The quantitative estimate of drug-likeness (QED) is 0.689. The van der Waals surface area contributed by atoms with Crippen LogP contribution in [-0.4, -0.2) is 51.9 Å². The molecular formula is C19H24N4O3S2. The van der Waals surface area contributed by atoms with Crippen LogP contribution in [0.2, 0.25) is 0 Å². The van der Waals surface area contributed by atoms with Crippen molar-refractivity contribution in [1.82, 2.24) is 20.1 Å². The minimum atomic E-state index is -3.06. The van der Waals surface area contributed by atoms with Gasteiger partial charge < -0.3 is 9.88 Å². The van der Waals surface area contributed by atoms with Crippen molar-refractivity contribution >= 4 is 27.5 Å². The van der Waals surface area contributed by atoms with E-state index in [9.17, 15) is 13.2 Å². The molecule has 1 aliphatic carbocycles. The van der Waals surface area contributed by atoms with Crippen LogP contribution in [-0.2, 0) is 21.2 Å². The molecular weight excluding hydrogens is 396 g/mol. The molecule has 0 radical (unpaired) electrons. The number of carbonyl (C=O) groups is 1. The fourth-order valence-corrected chi connectivity index (χ4v) is 6.41. The Kier molecular flexibility index (Phi) is 5.22. The molecule has 0 bridgehead atoms. The summed E-state index contributed by atoms with van der Waals surface area (Å²) in [5, 5.41) is 12.3. The van der Waals surface area contributed by atoms with E-state index in [1.54, 1.807) is 6.92 Å². The molecule has 1 aromatic heterocycles. The van der Waals surface area contributed by atoms with E-state index in [4.69, 9.17) is 0 Å². The Bertz CT molecular complexity index is 970. The summed E-state index contributed by atoms with van der Waals surface area (Å²) in [5.74, 6) is 1.60. The van der Waals surface area contributed by atoms with E-state index in [2.05, 4.69) is 32.2 Å². The van der Waals surface area contributed by atoms with E-state index in [1.807, 2.05) is 18.2 Å². The van der Waals surface area contributed by atoms with E-state index in [-0.39, 0.29) is 23.2 Å². The van der Waals surface area contributed by atoms with Crippen LogP contribution in [0, 0.1) is 0 Å². The number of thioether (sulfide) groups is 1. The average molecular weight is 421 g/mol. The fraction of sp³-hybridized carbons (Fsp3) is 0.526. The first kappa shape index (κ1) is 19.4. The van der Waals surface area contributed by atoms with Gasteiger partial charge in [-0.2, -0.15) is 0 Å². The van der Waals surface area contributed by atoms with Gasteiger partial charge in [0.25, 0.3) is 0 Å². The molecule has 1 atom stereocenters. The topological polar surface area (TPSA) is 93.9 Å². The third-order valence-electron chi connectivity index (χ3n) is 5.15. The summed E-state index contributed by atoms with van der Waals surface area (Å²) in [7, 11) is -3.06. The van der Waals surface area contributed by atoms with Gasteiger partial charge in [0.15, 0.2) is 15.0 Å². The number of nitrogens with zero attached hydrogens (tertiary/aromatic N) is 3. The highest BCUT2D eigenvalue weighted by Gasteiger charge is 2.39. The maximum atomic E-state index is 12.4. The summed E-state index contributed by atoms with van der Waals surface area (Å²) in [4.78, 5) is 12.4. The maximum absolute atomic E-state index is 12.4. The van der Waals surface area contributed by atoms with Crippen molar-refractivity contribution in [2.45, 2.75) is 49.3 Å². The number of aromatic nitrogens is 3. The molecule has 1 saturated heterocycles. The molecule has 2 aliphatic rings. The molecule has 9 heteroatoms. The second-order valence-electron chi connectivity index (χ2n) is 7.93. The summed E-state index contributed by atoms with van der Waals surface area (Å²) in [5.41, 5.74) is 0.493. The van der Waals surface area contributed by atoms with Crippen LogP contribution in [0.3, 0.4) is 0 Å². The molecule has 2 heterocycles. The predicted octanol–water partition coefficient (Wildman–Crippen LogP) is 1.99. The summed E-state index contributed by atoms with van der Waals surface area (Å²) < 4.78 is 25.5. The summed E-state index contributed by atoms with van der Waals surface area (Å²) in [6, 6.07) is 10.1. The van der Waals surface area contributed by atoms with E-state index in [0.29, 0.717) is 18.9 Å². The number of amides is 1. The number of hydrogen-bond donors (Lipinski definition) is 1. The number of nitrogens with one attached hydrogen (secondary N) is 1.